The lowest BCUT2D eigenvalue weighted by atomic mass is 9.93. The molecule has 2 aliphatic rings. The van der Waals surface area contributed by atoms with Crippen LogP contribution in [-0.2, 0) is 22.5 Å². The van der Waals surface area contributed by atoms with E-state index in [0.717, 1.165) is 29.9 Å². The maximum atomic E-state index is 12.1. The van der Waals surface area contributed by atoms with Crippen LogP contribution in [0.5, 0.6) is 0 Å². The van der Waals surface area contributed by atoms with Crippen LogP contribution < -0.4 is 10.6 Å². The topological polar surface area (TPSA) is 83.4 Å². The number of nitrogens with one attached hydrogen (secondary N) is 2. The molecule has 1 aromatic rings. The number of urea groups is 1. The van der Waals surface area contributed by atoms with Gasteiger partial charge in [0.05, 0.1) is 23.9 Å². The lowest BCUT2D eigenvalue weighted by Gasteiger charge is -2.29. The van der Waals surface area contributed by atoms with Crippen LogP contribution in [0.4, 0.5) is 9.80 Å². The van der Waals surface area contributed by atoms with Crippen LogP contribution in [0.2, 0.25) is 0 Å². The quantitative estimate of drug-likeness (QED) is 0.890. The highest BCUT2D eigenvalue weighted by Crippen LogP contribution is 2.39. The number of nitrogens with zero attached hydrogens (tertiary/aromatic N) is 1. The summed E-state index contributed by atoms with van der Waals surface area (Å²) in [5.74, 6) is 0. The molecule has 0 bridgehead atoms. The van der Waals surface area contributed by atoms with Crippen molar-refractivity contribution >= 4 is 22.4 Å². The van der Waals surface area contributed by atoms with Gasteiger partial charge in [-0.2, -0.15) is 5.26 Å². The number of rotatable bonds is 3. The molecule has 2 amide bonds. The number of amides is 2. The summed E-state index contributed by atoms with van der Waals surface area (Å²) in [7, 11) is 0. The van der Waals surface area contributed by atoms with Crippen LogP contribution in [0, 0.1) is 11.3 Å². The van der Waals surface area contributed by atoms with E-state index in [0.29, 0.717) is 30.1 Å². The molecule has 7 heteroatoms. The highest BCUT2D eigenvalue weighted by atomic mass is 32.1. The number of fused-ring (bicyclic) bond motifs is 1. The normalized spacial score (nSPS) is 22.2. The van der Waals surface area contributed by atoms with E-state index in [4.69, 9.17) is 9.47 Å². The minimum Gasteiger partial charge on any atom is -0.376 e. The number of anilines is 1. The zero-order chi connectivity index (χ0) is 16.4. The van der Waals surface area contributed by atoms with E-state index in [1.165, 1.54) is 11.3 Å². The van der Waals surface area contributed by atoms with Gasteiger partial charge in [0.1, 0.15) is 11.1 Å². The third kappa shape index (κ3) is 3.66. The molecule has 1 aromatic heterocycles. The van der Waals surface area contributed by atoms with E-state index in [2.05, 4.69) is 16.7 Å². The van der Waals surface area contributed by atoms with Gasteiger partial charge in [0.25, 0.3) is 0 Å². The molecule has 6 nitrogen and oxygen atoms in total. The second kappa shape index (κ2) is 6.48. The van der Waals surface area contributed by atoms with Crippen molar-refractivity contribution in [3.63, 3.8) is 0 Å². The van der Waals surface area contributed by atoms with E-state index in [-0.39, 0.29) is 17.7 Å². The van der Waals surface area contributed by atoms with Crippen LogP contribution in [0.1, 0.15) is 42.7 Å². The Bertz CT molecular complexity index is 642. The lowest BCUT2D eigenvalue weighted by Crippen LogP contribution is -2.35. The van der Waals surface area contributed by atoms with E-state index in [1.54, 1.807) is 0 Å². The van der Waals surface area contributed by atoms with Crippen molar-refractivity contribution in [3.05, 3.63) is 16.0 Å². The first kappa shape index (κ1) is 16.2. The molecule has 2 N–H and O–H groups in total. The Morgan fingerprint density at radius 2 is 2.35 bits per heavy atom. The lowest BCUT2D eigenvalue weighted by molar-refractivity contribution is -0.0383. The summed E-state index contributed by atoms with van der Waals surface area (Å²) in [4.78, 5) is 13.1. The van der Waals surface area contributed by atoms with Gasteiger partial charge in [0.2, 0.25) is 0 Å². The van der Waals surface area contributed by atoms with Gasteiger partial charge in [-0.1, -0.05) is 0 Å². The number of hydrogen-bond donors (Lipinski definition) is 2. The standard InChI is InChI=1S/C16H21N3O3S/c1-16(2)6-11-12(7-17)14(23-13(11)9-22-16)19-15(20)18-8-10-4-3-5-21-10/h10H,3-6,8-9H2,1-2H3,(H2,18,19,20)/t10-/m0/s1. The minimum atomic E-state index is -0.296. The Hall–Kier alpha value is -1.62. The minimum absolute atomic E-state index is 0.0990. The molecule has 0 radical (unpaired) electrons. The van der Waals surface area contributed by atoms with Crippen LogP contribution in [0.25, 0.3) is 0 Å². The van der Waals surface area contributed by atoms with E-state index < -0.39 is 0 Å². The molecule has 3 rings (SSSR count). The van der Waals surface area contributed by atoms with Crippen LogP contribution >= 0.6 is 11.3 Å². The van der Waals surface area contributed by atoms with Gasteiger partial charge in [-0.3, -0.25) is 5.32 Å². The molecule has 0 aromatic carbocycles. The monoisotopic (exact) mass is 335 g/mol. The van der Waals surface area contributed by atoms with Crippen molar-refractivity contribution < 1.29 is 14.3 Å². The number of nitriles is 1. The highest BCUT2D eigenvalue weighted by Gasteiger charge is 2.31. The molecule has 0 aliphatic carbocycles. The zero-order valence-corrected chi connectivity index (χ0v) is 14.2. The summed E-state index contributed by atoms with van der Waals surface area (Å²) < 4.78 is 11.3. The van der Waals surface area contributed by atoms with Crippen LogP contribution in [-0.4, -0.2) is 30.9 Å². The van der Waals surface area contributed by atoms with Crippen molar-refractivity contribution in [1.82, 2.24) is 5.32 Å². The average Bonchev–Trinajstić information content (AvgIpc) is 3.11. The molecule has 1 saturated heterocycles. The van der Waals surface area contributed by atoms with Crippen molar-refractivity contribution in [2.45, 2.75) is 51.4 Å². The molecular weight excluding hydrogens is 314 g/mol. The number of carbonyl (C=O) groups is 1. The van der Waals surface area contributed by atoms with Gasteiger partial charge in [0.15, 0.2) is 0 Å². The fourth-order valence-electron chi connectivity index (χ4n) is 2.92. The predicted molar refractivity (Wildman–Crippen MR) is 87.6 cm³/mol. The highest BCUT2D eigenvalue weighted by molar-refractivity contribution is 7.16. The summed E-state index contributed by atoms with van der Waals surface area (Å²) in [6.07, 6.45) is 2.80. The van der Waals surface area contributed by atoms with Crippen molar-refractivity contribution in [1.29, 1.82) is 5.26 Å². The summed E-state index contributed by atoms with van der Waals surface area (Å²) in [5, 5.41) is 15.7. The Labute approximate surface area is 139 Å². The fraction of sp³-hybridized carbons (Fsp3) is 0.625. The van der Waals surface area contributed by atoms with Gasteiger partial charge in [0, 0.05) is 24.4 Å². The van der Waals surface area contributed by atoms with E-state index in [1.807, 2.05) is 13.8 Å². The third-order valence-electron chi connectivity index (χ3n) is 4.14. The predicted octanol–water partition coefficient (Wildman–Crippen LogP) is 2.77. The fourth-order valence-corrected chi connectivity index (χ4v) is 4.00. The smallest absolute Gasteiger partial charge is 0.319 e. The van der Waals surface area contributed by atoms with Gasteiger partial charge in [-0.15, -0.1) is 11.3 Å². The Morgan fingerprint density at radius 3 is 3.04 bits per heavy atom. The van der Waals surface area contributed by atoms with Gasteiger partial charge in [-0.25, -0.2) is 4.79 Å². The summed E-state index contributed by atoms with van der Waals surface area (Å²) in [6, 6.07) is 1.94. The first-order valence-corrected chi connectivity index (χ1v) is 8.65. The largest absolute Gasteiger partial charge is 0.376 e. The first-order valence-electron chi connectivity index (χ1n) is 7.83. The number of hydrogen-bond acceptors (Lipinski definition) is 5. The second-order valence-electron chi connectivity index (χ2n) is 6.51. The molecular formula is C16H21N3O3S. The molecule has 124 valence electrons. The van der Waals surface area contributed by atoms with Gasteiger partial charge < -0.3 is 14.8 Å². The summed E-state index contributed by atoms with van der Waals surface area (Å²) >= 11 is 1.42. The van der Waals surface area contributed by atoms with Crippen molar-refractivity contribution in [3.8, 4) is 6.07 Å². The third-order valence-corrected chi connectivity index (χ3v) is 5.26. The van der Waals surface area contributed by atoms with E-state index in [9.17, 15) is 10.1 Å². The summed E-state index contributed by atoms with van der Waals surface area (Å²) in [5.41, 5.74) is 1.29. The Morgan fingerprint density at radius 1 is 1.52 bits per heavy atom. The SMILES string of the molecule is CC1(C)Cc2c(sc(NC(=O)NC[C@@H]3CCCO3)c2C#N)CO1. The van der Waals surface area contributed by atoms with Crippen LogP contribution in [0.3, 0.4) is 0 Å². The number of carbonyl (C=O) groups excluding carboxylic acids is 1. The molecule has 0 spiro atoms. The second-order valence-corrected chi connectivity index (χ2v) is 7.62. The molecule has 23 heavy (non-hydrogen) atoms. The van der Waals surface area contributed by atoms with Gasteiger partial charge >= 0.3 is 6.03 Å². The molecule has 1 atom stereocenters. The summed E-state index contributed by atoms with van der Waals surface area (Å²) in [6.45, 7) is 5.77. The van der Waals surface area contributed by atoms with Crippen LogP contribution in [0.15, 0.2) is 0 Å². The maximum Gasteiger partial charge on any atom is 0.319 e. The molecule has 0 saturated carbocycles. The first-order chi connectivity index (χ1) is 11.0. The number of ether oxygens (including phenoxy) is 2. The Balaban J connectivity index is 1.67. The molecule has 0 unspecified atom stereocenters. The van der Waals surface area contributed by atoms with Crippen molar-refractivity contribution in [2.24, 2.45) is 0 Å². The maximum absolute atomic E-state index is 12.1. The number of thiophene rings is 1. The molecule has 2 aliphatic heterocycles. The molecule has 1 fully saturated rings. The van der Waals surface area contributed by atoms with Crippen molar-refractivity contribution in [2.75, 3.05) is 18.5 Å². The zero-order valence-electron chi connectivity index (χ0n) is 13.4. The average molecular weight is 335 g/mol. The Kier molecular flexibility index (Phi) is 4.57. The molecule has 3 heterocycles. The van der Waals surface area contributed by atoms with E-state index >= 15 is 0 Å². The van der Waals surface area contributed by atoms with Gasteiger partial charge in [-0.05, 0) is 32.3 Å².